The molecule has 0 saturated carbocycles. The highest BCUT2D eigenvalue weighted by Crippen LogP contribution is 2.40. The molecule has 0 fully saturated rings. The van der Waals surface area contributed by atoms with Crippen molar-refractivity contribution in [3.05, 3.63) is 67.7 Å². The lowest BCUT2D eigenvalue weighted by molar-refractivity contribution is 0.0982. The molecule has 0 spiro atoms. The molecule has 1 aliphatic rings. The summed E-state index contributed by atoms with van der Waals surface area (Å²) in [6.45, 7) is 2.14. The number of nitrogen functional groups attached to an aromatic ring is 1. The lowest BCUT2D eigenvalue weighted by Gasteiger charge is -2.24. The minimum atomic E-state index is -0.785. The monoisotopic (exact) mass is 460 g/mol. The second-order valence-corrected chi connectivity index (χ2v) is 7.57. The van der Waals surface area contributed by atoms with Gasteiger partial charge in [0.2, 0.25) is 6.79 Å². The van der Waals surface area contributed by atoms with Crippen LogP contribution < -0.4 is 31.4 Å². The van der Waals surface area contributed by atoms with Crippen LogP contribution in [0.3, 0.4) is 0 Å². The van der Waals surface area contributed by atoms with E-state index in [1.807, 2.05) is 6.92 Å². The smallest absolute Gasteiger partial charge is 0.330 e. The van der Waals surface area contributed by atoms with E-state index in [0.29, 0.717) is 30.2 Å². The molecule has 11 heteroatoms. The number of nitrogens with one attached hydrogen (secondary N) is 1. The number of ether oxygens (including phenoxy) is 2. The van der Waals surface area contributed by atoms with Gasteiger partial charge in [-0.25, -0.2) is 4.79 Å². The zero-order valence-electron chi connectivity index (χ0n) is 17.2. The van der Waals surface area contributed by atoms with Gasteiger partial charge in [-0.3, -0.25) is 24.0 Å². The quantitative estimate of drug-likeness (QED) is 0.553. The average Bonchev–Trinajstić information content (AvgIpc) is 3.44. The Bertz CT molecular complexity index is 1260. The van der Waals surface area contributed by atoms with E-state index in [1.165, 1.54) is 23.0 Å². The number of nitrogens with zero attached hydrogens (tertiary/aromatic N) is 2. The Labute approximate surface area is 187 Å². The maximum atomic E-state index is 13.6. The van der Waals surface area contributed by atoms with Crippen LogP contribution in [0.2, 0.25) is 5.02 Å². The third-order valence-corrected chi connectivity index (χ3v) is 5.31. The second-order valence-electron chi connectivity index (χ2n) is 7.16. The second kappa shape index (κ2) is 8.83. The summed E-state index contributed by atoms with van der Waals surface area (Å²) in [5, 5.41) is 0.191. The van der Waals surface area contributed by atoms with E-state index in [2.05, 4.69) is 4.98 Å². The van der Waals surface area contributed by atoms with Gasteiger partial charge in [-0.15, -0.1) is 0 Å². The molecule has 1 aliphatic heterocycles. The van der Waals surface area contributed by atoms with Gasteiger partial charge in [0.15, 0.2) is 17.2 Å². The van der Waals surface area contributed by atoms with E-state index in [9.17, 15) is 14.4 Å². The largest absolute Gasteiger partial charge is 0.467 e. The molecule has 4 rings (SSSR count). The topological polar surface area (TPSA) is 133 Å². The molecule has 1 aromatic carbocycles. The molecule has 3 heterocycles. The van der Waals surface area contributed by atoms with Gasteiger partial charge < -0.3 is 19.6 Å². The lowest BCUT2D eigenvalue weighted by Crippen LogP contribution is -2.41. The summed E-state index contributed by atoms with van der Waals surface area (Å²) >= 11 is 6.25. The van der Waals surface area contributed by atoms with Gasteiger partial charge in [0.1, 0.15) is 11.6 Å². The van der Waals surface area contributed by atoms with Gasteiger partial charge >= 0.3 is 5.69 Å². The number of anilines is 2. The van der Waals surface area contributed by atoms with E-state index in [1.54, 1.807) is 12.1 Å². The Morgan fingerprint density at radius 3 is 2.84 bits per heavy atom. The number of hydrogen-bond acceptors (Lipinski definition) is 7. The fraction of sp³-hybridized carbons (Fsp3) is 0.286. The van der Waals surface area contributed by atoms with Gasteiger partial charge in [-0.05, 0) is 30.7 Å². The summed E-state index contributed by atoms with van der Waals surface area (Å²) in [5.41, 5.74) is 4.81. The van der Waals surface area contributed by atoms with Gasteiger partial charge in [0.25, 0.3) is 11.5 Å². The zero-order chi connectivity index (χ0) is 22.8. The van der Waals surface area contributed by atoms with Crippen LogP contribution in [0.25, 0.3) is 0 Å². The Balaban J connectivity index is 1.84. The van der Waals surface area contributed by atoms with Crippen LogP contribution in [-0.2, 0) is 13.1 Å². The van der Waals surface area contributed by atoms with E-state index >= 15 is 0 Å². The first-order valence-corrected chi connectivity index (χ1v) is 10.3. The summed E-state index contributed by atoms with van der Waals surface area (Å²) < 4.78 is 17.3. The van der Waals surface area contributed by atoms with Crippen molar-refractivity contribution in [3.63, 3.8) is 0 Å². The number of amides is 1. The number of carbonyl (C=O) groups is 1. The Morgan fingerprint density at radius 2 is 2.12 bits per heavy atom. The molecule has 32 heavy (non-hydrogen) atoms. The normalized spacial score (nSPS) is 12.2. The summed E-state index contributed by atoms with van der Waals surface area (Å²) in [5.74, 6) is 0.369. The maximum absolute atomic E-state index is 13.6. The minimum Gasteiger partial charge on any atom is -0.467 e. The molecule has 0 unspecified atom stereocenters. The van der Waals surface area contributed by atoms with Gasteiger partial charge in [-0.2, -0.15) is 0 Å². The number of H-pyrrole nitrogens is 1. The van der Waals surface area contributed by atoms with E-state index in [4.69, 9.17) is 31.2 Å². The molecule has 10 nitrogen and oxygen atoms in total. The number of aromatic amines is 1. The van der Waals surface area contributed by atoms with Crippen molar-refractivity contribution in [2.24, 2.45) is 0 Å². The molecule has 0 bridgehead atoms. The number of benzene rings is 1. The van der Waals surface area contributed by atoms with E-state index in [0.717, 1.165) is 11.3 Å². The van der Waals surface area contributed by atoms with Crippen LogP contribution in [-0.4, -0.2) is 22.3 Å². The van der Waals surface area contributed by atoms with Crippen molar-refractivity contribution in [2.75, 3.05) is 17.4 Å². The average molecular weight is 461 g/mol. The van der Waals surface area contributed by atoms with Crippen LogP contribution in [0, 0.1) is 0 Å². The highest BCUT2D eigenvalue weighted by Gasteiger charge is 2.29. The Morgan fingerprint density at radius 1 is 1.31 bits per heavy atom. The Kier molecular flexibility index (Phi) is 5.95. The Hall–Kier alpha value is -3.66. The van der Waals surface area contributed by atoms with Crippen LogP contribution in [0.1, 0.15) is 35.9 Å². The van der Waals surface area contributed by atoms with Crippen LogP contribution in [0.15, 0.2) is 44.5 Å². The SMILES string of the molecule is CCCCn1c(N)c(N(Cc2ccco2)C(=O)c2cc(Cl)c3c(c2)OCO3)c(=O)[nH]c1=O. The van der Waals surface area contributed by atoms with Crippen molar-refractivity contribution in [1.82, 2.24) is 9.55 Å². The highest BCUT2D eigenvalue weighted by molar-refractivity contribution is 6.33. The summed E-state index contributed by atoms with van der Waals surface area (Å²) in [6.07, 6.45) is 2.93. The number of carbonyl (C=O) groups excluding carboxylic acids is 1. The summed E-state index contributed by atoms with van der Waals surface area (Å²) in [6, 6.07) is 6.21. The molecule has 2 aromatic heterocycles. The number of aromatic nitrogens is 2. The van der Waals surface area contributed by atoms with Gasteiger partial charge in [0.05, 0.1) is 17.8 Å². The van der Waals surface area contributed by atoms with Crippen molar-refractivity contribution in [2.45, 2.75) is 32.9 Å². The molecule has 1 amide bonds. The molecule has 3 aromatic rings. The van der Waals surface area contributed by atoms with E-state index < -0.39 is 17.2 Å². The number of unbranched alkanes of at least 4 members (excludes halogenated alkanes) is 1. The van der Waals surface area contributed by atoms with E-state index in [-0.39, 0.29) is 35.4 Å². The molecule has 0 radical (unpaired) electrons. The number of rotatable bonds is 7. The van der Waals surface area contributed by atoms with Crippen LogP contribution in [0.4, 0.5) is 11.5 Å². The minimum absolute atomic E-state index is 0.0161. The predicted octanol–water partition coefficient (Wildman–Crippen LogP) is 2.74. The number of hydrogen-bond donors (Lipinski definition) is 2. The first-order valence-electron chi connectivity index (χ1n) is 9.96. The van der Waals surface area contributed by atoms with Crippen molar-refractivity contribution >= 4 is 29.0 Å². The predicted molar refractivity (Wildman–Crippen MR) is 117 cm³/mol. The standard InChI is InChI=1S/C21H21ClN4O6/c1-2-3-6-25-18(23)16(19(27)24-21(25)29)26(10-13-5-4-7-30-13)20(28)12-8-14(22)17-15(9-12)31-11-32-17/h4-5,7-9H,2-3,6,10-11,23H2,1H3,(H,24,27,29). The fourth-order valence-corrected chi connectivity index (χ4v) is 3.70. The number of nitrogens with two attached hydrogens (primary N) is 1. The van der Waals surface area contributed by atoms with Crippen LogP contribution >= 0.6 is 11.6 Å². The molecule has 168 valence electrons. The number of fused-ring (bicyclic) bond motifs is 1. The third kappa shape index (κ3) is 3.96. The maximum Gasteiger partial charge on any atom is 0.330 e. The summed E-state index contributed by atoms with van der Waals surface area (Å²) in [7, 11) is 0. The highest BCUT2D eigenvalue weighted by atomic mass is 35.5. The molecule has 0 aliphatic carbocycles. The number of halogens is 1. The first kappa shape index (κ1) is 21.6. The first-order chi connectivity index (χ1) is 15.4. The molecular weight excluding hydrogens is 440 g/mol. The summed E-state index contributed by atoms with van der Waals surface area (Å²) in [4.78, 5) is 42.1. The van der Waals surface area contributed by atoms with Crippen molar-refractivity contribution < 1.29 is 18.7 Å². The lowest BCUT2D eigenvalue weighted by atomic mass is 10.1. The molecule has 0 atom stereocenters. The third-order valence-electron chi connectivity index (χ3n) is 5.03. The van der Waals surface area contributed by atoms with Gasteiger partial charge in [0, 0.05) is 12.1 Å². The zero-order valence-corrected chi connectivity index (χ0v) is 18.0. The van der Waals surface area contributed by atoms with Crippen molar-refractivity contribution in [1.29, 1.82) is 0 Å². The van der Waals surface area contributed by atoms with Crippen LogP contribution in [0.5, 0.6) is 11.5 Å². The molecule has 3 N–H and O–H groups in total. The van der Waals surface area contributed by atoms with Crippen molar-refractivity contribution in [3.8, 4) is 11.5 Å². The number of furan rings is 1. The fourth-order valence-electron chi connectivity index (χ4n) is 3.43. The van der Waals surface area contributed by atoms with Gasteiger partial charge in [-0.1, -0.05) is 24.9 Å². The molecular formula is C21H21ClN4O6. The molecule has 0 saturated heterocycles.